The third kappa shape index (κ3) is 2.62. The van der Waals surface area contributed by atoms with Crippen molar-refractivity contribution < 1.29 is 19.3 Å². The summed E-state index contributed by atoms with van der Waals surface area (Å²) in [6.07, 6.45) is -2.85. The van der Waals surface area contributed by atoms with Gasteiger partial charge in [0.1, 0.15) is 18.3 Å². The zero-order valence-corrected chi connectivity index (χ0v) is 11.8. The second kappa shape index (κ2) is 5.29. The number of hydrogen-bond donors (Lipinski definition) is 1. The van der Waals surface area contributed by atoms with Crippen LogP contribution < -0.4 is 0 Å². The van der Waals surface area contributed by atoms with Crippen molar-refractivity contribution in [2.75, 3.05) is 0 Å². The summed E-state index contributed by atoms with van der Waals surface area (Å²) in [5.41, 5.74) is 9.57. The Labute approximate surface area is 122 Å². The molecule has 112 valence electrons. The summed E-state index contributed by atoms with van der Waals surface area (Å²) in [5.74, 6) is -0.790. The Hall–Kier alpha value is -1.63. The van der Waals surface area contributed by atoms with Crippen LogP contribution in [-0.4, -0.2) is 35.5 Å². The van der Waals surface area contributed by atoms with Crippen molar-refractivity contribution in [1.29, 1.82) is 0 Å². The molecule has 0 amide bonds. The van der Waals surface area contributed by atoms with Gasteiger partial charge in [0.25, 0.3) is 0 Å². The molecule has 0 unspecified atom stereocenters. The molecular weight excluding hydrogens is 274 g/mol. The molecule has 0 aromatic heterocycles. The SMILES string of the molecule is CC1(C)O[C@@H]2O[C@H]([C@H](N=[N+]=[N-])c3ccccc3)[C@H](O)[C@H]2O1. The Morgan fingerprint density at radius 1 is 1.29 bits per heavy atom. The van der Waals surface area contributed by atoms with Crippen LogP contribution in [0.5, 0.6) is 0 Å². The molecule has 3 rings (SSSR count). The predicted molar refractivity (Wildman–Crippen MR) is 73.0 cm³/mol. The van der Waals surface area contributed by atoms with Crippen molar-refractivity contribution in [3.63, 3.8) is 0 Å². The maximum Gasteiger partial charge on any atom is 0.190 e. The lowest BCUT2D eigenvalue weighted by molar-refractivity contribution is -0.217. The number of aliphatic hydroxyl groups excluding tert-OH is 1. The molecule has 21 heavy (non-hydrogen) atoms. The van der Waals surface area contributed by atoms with E-state index in [1.165, 1.54) is 0 Å². The van der Waals surface area contributed by atoms with Gasteiger partial charge < -0.3 is 19.3 Å². The van der Waals surface area contributed by atoms with Crippen LogP contribution in [-0.2, 0) is 14.2 Å². The molecule has 0 radical (unpaired) electrons. The van der Waals surface area contributed by atoms with Gasteiger partial charge in [0, 0.05) is 4.91 Å². The van der Waals surface area contributed by atoms with Crippen LogP contribution in [0.1, 0.15) is 25.5 Å². The van der Waals surface area contributed by atoms with Crippen molar-refractivity contribution in [2.24, 2.45) is 5.11 Å². The normalized spacial score (nSPS) is 35.0. The summed E-state index contributed by atoms with van der Waals surface area (Å²) >= 11 is 0. The van der Waals surface area contributed by atoms with Crippen molar-refractivity contribution >= 4 is 0 Å². The van der Waals surface area contributed by atoms with Gasteiger partial charge in [0.15, 0.2) is 12.1 Å². The third-order valence-electron chi connectivity index (χ3n) is 3.68. The Balaban J connectivity index is 1.85. The molecule has 5 atom stereocenters. The first-order valence-corrected chi connectivity index (χ1v) is 6.80. The van der Waals surface area contributed by atoms with E-state index in [1.807, 2.05) is 30.3 Å². The topological polar surface area (TPSA) is 96.7 Å². The Morgan fingerprint density at radius 2 is 2.00 bits per heavy atom. The number of rotatable bonds is 3. The second-order valence-electron chi connectivity index (χ2n) is 5.62. The van der Waals surface area contributed by atoms with E-state index in [4.69, 9.17) is 19.7 Å². The van der Waals surface area contributed by atoms with E-state index in [-0.39, 0.29) is 0 Å². The van der Waals surface area contributed by atoms with Gasteiger partial charge in [-0.2, -0.15) is 0 Å². The fourth-order valence-electron chi connectivity index (χ4n) is 2.81. The first kappa shape index (κ1) is 14.3. The minimum atomic E-state index is -0.924. The molecule has 0 saturated carbocycles. The van der Waals surface area contributed by atoms with E-state index in [9.17, 15) is 5.11 Å². The second-order valence-corrected chi connectivity index (χ2v) is 5.62. The summed E-state index contributed by atoms with van der Waals surface area (Å²) in [4.78, 5) is 2.87. The first-order chi connectivity index (χ1) is 10.0. The maximum absolute atomic E-state index is 10.4. The van der Waals surface area contributed by atoms with Gasteiger partial charge in [0.2, 0.25) is 0 Å². The van der Waals surface area contributed by atoms with E-state index in [2.05, 4.69) is 10.0 Å². The molecular formula is C14H17N3O4. The number of nitrogens with zero attached hydrogens (tertiary/aromatic N) is 3. The highest BCUT2D eigenvalue weighted by Gasteiger charge is 2.56. The summed E-state index contributed by atoms with van der Waals surface area (Å²) in [7, 11) is 0. The summed E-state index contributed by atoms with van der Waals surface area (Å²) in [5, 5.41) is 14.2. The maximum atomic E-state index is 10.4. The number of fused-ring (bicyclic) bond motifs is 1. The van der Waals surface area contributed by atoms with Crippen LogP contribution in [0.25, 0.3) is 10.4 Å². The molecule has 2 aliphatic rings. The van der Waals surface area contributed by atoms with Gasteiger partial charge >= 0.3 is 0 Å². The zero-order valence-electron chi connectivity index (χ0n) is 11.8. The lowest BCUT2D eigenvalue weighted by Gasteiger charge is -2.26. The van der Waals surface area contributed by atoms with E-state index in [0.29, 0.717) is 0 Å². The number of aliphatic hydroxyl groups is 1. The fourth-order valence-corrected chi connectivity index (χ4v) is 2.81. The van der Waals surface area contributed by atoms with Gasteiger partial charge in [-0.1, -0.05) is 35.4 Å². The fraction of sp³-hybridized carbons (Fsp3) is 0.571. The van der Waals surface area contributed by atoms with Gasteiger partial charge in [-0.25, -0.2) is 0 Å². The smallest absolute Gasteiger partial charge is 0.190 e. The average Bonchev–Trinajstić information content (AvgIpc) is 2.91. The van der Waals surface area contributed by atoms with Gasteiger partial charge in [-0.3, -0.25) is 0 Å². The van der Waals surface area contributed by atoms with Gasteiger partial charge in [-0.15, -0.1) is 0 Å². The number of benzene rings is 1. The monoisotopic (exact) mass is 291 g/mol. The Bertz CT molecular complexity index is 559. The molecule has 2 aliphatic heterocycles. The molecule has 2 saturated heterocycles. The highest BCUT2D eigenvalue weighted by Crippen LogP contribution is 2.41. The molecule has 2 heterocycles. The standard InChI is InChI=1S/C14H17N3O4/c1-14(2)20-12-10(18)11(19-13(12)21-14)9(16-17-15)8-6-4-3-5-7-8/h3-7,9-13,18H,1-2H3/t9-,10+,11-,12-,13+/m1/s1. The summed E-state index contributed by atoms with van der Waals surface area (Å²) in [6, 6.07) is 8.57. The van der Waals surface area contributed by atoms with Crippen molar-refractivity contribution in [2.45, 2.75) is 50.3 Å². The molecule has 0 bridgehead atoms. The molecule has 1 aromatic carbocycles. The third-order valence-corrected chi connectivity index (χ3v) is 3.68. The van der Waals surface area contributed by atoms with Crippen LogP contribution in [0.4, 0.5) is 0 Å². The largest absolute Gasteiger partial charge is 0.387 e. The number of hydrogen-bond acceptors (Lipinski definition) is 5. The summed E-state index contributed by atoms with van der Waals surface area (Å²) < 4.78 is 17.0. The van der Waals surface area contributed by atoms with Gasteiger partial charge in [-0.05, 0) is 24.9 Å². The van der Waals surface area contributed by atoms with E-state index in [1.54, 1.807) is 13.8 Å². The van der Waals surface area contributed by atoms with Crippen molar-refractivity contribution in [3.8, 4) is 0 Å². The molecule has 7 heteroatoms. The zero-order chi connectivity index (χ0) is 15.0. The van der Waals surface area contributed by atoms with Crippen LogP contribution in [0, 0.1) is 0 Å². The van der Waals surface area contributed by atoms with E-state index >= 15 is 0 Å². The molecule has 7 nitrogen and oxygen atoms in total. The molecule has 0 spiro atoms. The number of azide groups is 1. The number of ether oxygens (including phenoxy) is 3. The lowest BCUT2D eigenvalue weighted by atomic mass is 9.97. The molecule has 1 aromatic rings. The lowest BCUT2D eigenvalue weighted by Crippen LogP contribution is -2.37. The predicted octanol–water partition coefficient (Wildman–Crippen LogP) is 2.28. The van der Waals surface area contributed by atoms with E-state index < -0.39 is 36.4 Å². The quantitative estimate of drug-likeness (QED) is 0.525. The minimum Gasteiger partial charge on any atom is -0.387 e. The highest BCUT2D eigenvalue weighted by atomic mass is 16.8. The van der Waals surface area contributed by atoms with Crippen LogP contribution >= 0.6 is 0 Å². The Morgan fingerprint density at radius 3 is 2.62 bits per heavy atom. The average molecular weight is 291 g/mol. The van der Waals surface area contributed by atoms with E-state index in [0.717, 1.165) is 5.56 Å². The highest BCUT2D eigenvalue weighted by molar-refractivity contribution is 5.22. The molecule has 0 aliphatic carbocycles. The van der Waals surface area contributed by atoms with Gasteiger partial charge in [0.05, 0.1) is 6.04 Å². The molecule has 2 fully saturated rings. The van der Waals surface area contributed by atoms with Crippen molar-refractivity contribution in [3.05, 3.63) is 46.3 Å². The Kier molecular flexibility index (Phi) is 3.61. The molecule has 1 N–H and O–H groups in total. The van der Waals surface area contributed by atoms with Crippen LogP contribution in [0.3, 0.4) is 0 Å². The van der Waals surface area contributed by atoms with Crippen molar-refractivity contribution in [1.82, 2.24) is 0 Å². The van der Waals surface area contributed by atoms with Crippen LogP contribution in [0.15, 0.2) is 35.4 Å². The first-order valence-electron chi connectivity index (χ1n) is 6.80. The summed E-state index contributed by atoms with van der Waals surface area (Å²) in [6.45, 7) is 3.52. The van der Waals surface area contributed by atoms with Crippen LogP contribution in [0.2, 0.25) is 0 Å². The minimum absolute atomic E-state index is 0.579.